The summed E-state index contributed by atoms with van der Waals surface area (Å²) in [7, 11) is 3.88. The highest BCUT2D eigenvalue weighted by Gasteiger charge is 2.20. The van der Waals surface area contributed by atoms with Crippen LogP contribution in [0.3, 0.4) is 0 Å². The van der Waals surface area contributed by atoms with E-state index in [1.54, 1.807) is 35.6 Å². The Bertz CT molecular complexity index is 2430. The molecule has 0 radical (unpaired) electrons. The molecule has 0 atom stereocenters. The van der Waals surface area contributed by atoms with Crippen LogP contribution in [0.25, 0.3) is 31.8 Å². The molecular weight excluding hydrogens is 749 g/mol. The summed E-state index contributed by atoms with van der Waals surface area (Å²) in [6.45, 7) is -1.08. The second-order valence-corrected chi connectivity index (χ2v) is 15.1. The maximum atomic E-state index is 12.0. The maximum absolute atomic E-state index is 12.0. The minimum absolute atomic E-state index is 0.167. The van der Waals surface area contributed by atoms with Gasteiger partial charge in [0, 0.05) is 64.2 Å². The van der Waals surface area contributed by atoms with Crippen molar-refractivity contribution in [3.05, 3.63) is 78.4 Å². The third kappa shape index (κ3) is 9.31. The quantitative estimate of drug-likeness (QED) is 0.0885. The number of carboxylic acids is 2. The number of anilines is 1. The largest absolute Gasteiger partial charge is 0.505 e. The van der Waals surface area contributed by atoms with Gasteiger partial charge in [-0.3, -0.25) is 19.2 Å². The molecule has 7 rings (SSSR count). The van der Waals surface area contributed by atoms with Crippen LogP contribution in [-0.4, -0.2) is 91.6 Å². The van der Waals surface area contributed by atoms with Gasteiger partial charge in [-0.1, -0.05) is 24.2 Å². The third-order valence-electron chi connectivity index (χ3n) is 8.47. The Labute approximate surface area is 322 Å². The summed E-state index contributed by atoms with van der Waals surface area (Å²) in [4.78, 5) is 60.7. The highest BCUT2D eigenvalue weighted by Crippen LogP contribution is 2.38. The van der Waals surface area contributed by atoms with Crippen LogP contribution >= 0.6 is 23.1 Å². The van der Waals surface area contributed by atoms with Crippen LogP contribution in [0.1, 0.15) is 46.7 Å². The number of nitrogens with one attached hydrogen (secondary N) is 2. The van der Waals surface area contributed by atoms with E-state index in [0.717, 1.165) is 25.6 Å². The molecule has 0 saturated heterocycles. The first-order valence-corrected chi connectivity index (χ1v) is 18.7. The number of thiazole rings is 1. The van der Waals surface area contributed by atoms with Crippen LogP contribution in [-0.2, 0) is 9.59 Å². The van der Waals surface area contributed by atoms with Gasteiger partial charge in [0.1, 0.15) is 24.6 Å². The molecule has 17 heteroatoms. The second-order valence-electron chi connectivity index (χ2n) is 12.7. The maximum Gasteiger partial charge on any atom is 0.322 e. The van der Waals surface area contributed by atoms with E-state index in [1.165, 1.54) is 38.1 Å². The SMILES string of the molecule is CN(C)c1nc2ccc(Oc3ccc4c(O)c(C(=O)NCC(=O)O)ncc4c3)cc2s1.O=C(O)CNC(=O)c1ncc2cc(SC3CCCC3)ccc2c1O. The first kappa shape index (κ1) is 38.5. The molecule has 3 aromatic heterocycles. The Balaban J connectivity index is 0.000000193. The average Bonchev–Trinajstić information content (AvgIpc) is 3.83. The molecule has 0 bridgehead atoms. The Morgan fingerprint density at radius 2 is 1.35 bits per heavy atom. The van der Waals surface area contributed by atoms with Crippen molar-refractivity contribution in [2.45, 2.75) is 35.8 Å². The zero-order chi connectivity index (χ0) is 39.2. The summed E-state index contributed by atoms with van der Waals surface area (Å²) < 4.78 is 6.96. The zero-order valence-corrected chi connectivity index (χ0v) is 31.2. The smallest absolute Gasteiger partial charge is 0.322 e. The molecule has 1 fully saturated rings. The van der Waals surface area contributed by atoms with Crippen molar-refractivity contribution >= 4 is 83.7 Å². The number of carbonyl (C=O) groups is 4. The minimum atomic E-state index is -1.19. The number of pyridine rings is 2. The summed E-state index contributed by atoms with van der Waals surface area (Å²) >= 11 is 3.40. The van der Waals surface area contributed by atoms with Crippen molar-refractivity contribution in [1.82, 2.24) is 25.6 Å². The van der Waals surface area contributed by atoms with E-state index in [9.17, 15) is 29.4 Å². The molecule has 6 aromatic rings. The summed E-state index contributed by atoms with van der Waals surface area (Å²) in [6.07, 6.45) is 7.98. The van der Waals surface area contributed by atoms with Crippen LogP contribution < -0.4 is 20.3 Å². The number of aromatic nitrogens is 3. The summed E-state index contributed by atoms with van der Waals surface area (Å²) in [6, 6.07) is 16.3. The molecule has 3 aromatic carbocycles. The molecule has 0 spiro atoms. The Morgan fingerprint density at radius 1 is 0.800 bits per heavy atom. The van der Waals surface area contributed by atoms with Gasteiger partial charge < -0.3 is 40.7 Å². The van der Waals surface area contributed by atoms with Gasteiger partial charge >= 0.3 is 11.9 Å². The van der Waals surface area contributed by atoms with Gasteiger partial charge in [-0.2, -0.15) is 0 Å². The predicted octanol–water partition coefficient (Wildman–Crippen LogP) is 6.01. The molecule has 6 N–H and O–H groups in total. The lowest BCUT2D eigenvalue weighted by Crippen LogP contribution is -2.29. The fourth-order valence-electron chi connectivity index (χ4n) is 5.80. The molecule has 15 nitrogen and oxygen atoms in total. The number of thioether (sulfide) groups is 1. The van der Waals surface area contributed by atoms with Gasteiger partial charge in [0.2, 0.25) is 0 Å². The van der Waals surface area contributed by atoms with E-state index in [0.29, 0.717) is 32.9 Å². The fourth-order valence-corrected chi connectivity index (χ4v) is 8.01. The van der Waals surface area contributed by atoms with Crippen LogP contribution in [0.5, 0.6) is 23.0 Å². The molecule has 1 aliphatic carbocycles. The highest BCUT2D eigenvalue weighted by molar-refractivity contribution is 8.00. The lowest BCUT2D eigenvalue weighted by Gasteiger charge is -2.11. The standard InChI is InChI=1S/C21H18N4O5S.C17H18N2O4S/c1-25(2)21-24-15-6-4-13(8-16(15)31-21)30-12-3-5-14-11(7-12)9-22-18(19(14)28)20(29)23-10-17(26)27;20-14(21)9-19-17(23)15-16(22)13-6-5-12(7-10(13)8-18-15)24-11-3-1-2-4-11/h3-9,28H,10H2,1-2H3,(H,23,29)(H,26,27);5-8,11,22H,1-4,9H2,(H,19,23)(H,20,21). The number of aromatic hydroxyl groups is 2. The first-order valence-electron chi connectivity index (χ1n) is 17.0. The summed E-state index contributed by atoms with van der Waals surface area (Å²) in [5.41, 5.74) is 0.483. The van der Waals surface area contributed by atoms with Crippen molar-refractivity contribution in [3.63, 3.8) is 0 Å². The van der Waals surface area contributed by atoms with Gasteiger partial charge in [-0.25, -0.2) is 15.0 Å². The van der Waals surface area contributed by atoms with E-state index in [4.69, 9.17) is 14.9 Å². The lowest BCUT2D eigenvalue weighted by atomic mass is 10.1. The van der Waals surface area contributed by atoms with Gasteiger partial charge in [0.25, 0.3) is 11.8 Å². The van der Waals surface area contributed by atoms with Crippen molar-refractivity contribution in [1.29, 1.82) is 0 Å². The van der Waals surface area contributed by atoms with E-state index in [1.807, 2.05) is 61.1 Å². The Kier molecular flexibility index (Phi) is 11.8. The van der Waals surface area contributed by atoms with Crippen LogP contribution in [0.2, 0.25) is 0 Å². The number of fused-ring (bicyclic) bond motifs is 3. The molecule has 0 unspecified atom stereocenters. The van der Waals surface area contributed by atoms with E-state index in [2.05, 4.69) is 25.6 Å². The van der Waals surface area contributed by atoms with Gasteiger partial charge in [0.05, 0.1) is 10.2 Å². The van der Waals surface area contributed by atoms with E-state index in [-0.39, 0.29) is 22.9 Å². The number of carboxylic acid groups (broad SMARTS) is 2. The molecule has 0 aliphatic heterocycles. The summed E-state index contributed by atoms with van der Waals surface area (Å²) in [5, 5.41) is 46.1. The number of hydrogen-bond donors (Lipinski definition) is 6. The molecule has 284 valence electrons. The second kappa shape index (κ2) is 16.9. The number of nitrogens with zero attached hydrogens (tertiary/aromatic N) is 4. The molecule has 1 aliphatic rings. The predicted molar refractivity (Wildman–Crippen MR) is 209 cm³/mol. The van der Waals surface area contributed by atoms with Crippen molar-refractivity contribution in [3.8, 4) is 23.0 Å². The molecule has 55 heavy (non-hydrogen) atoms. The average molecular weight is 785 g/mol. The number of carbonyl (C=O) groups excluding carboxylic acids is 2. The van der Waals surface area contributed by atoms with Crippen LogP contribution in [0.15, 0.2) is 71.9 Å². The van der Waals surface area contributed by atoms with Crippen LogP contribution in [0, 0.1) is 0 Å². The first-order chi connectivity index (χ1) is 26.4. The topological polar surface area (TPSA) is 224 Å². The van der Waals surface area contributed by atoms with Gasteiger partial charge in [-0.05, 0) is 61.4 Å². The number of amides is 2. The number of hydrogen-bond acceptors (Lipinski definition) is 13. The monoisotopic (exact) mass is 784 g/mol. The van der Waals surface area contributed by atoms with Crippen molar-refractivity contribution in [2.24, 2.45) is 0 Å². The van der Waals surface area contributed by atoms with E-state index < -0.39 is 36.8 Å². The van der Waals surface area contributed by atoms with Crippen molar-refractivity contribution in [2.75, 3.05) is 32.1 Å². The third-order valence-corrected chi connectivity index (χ3v) is 11.0. The van der Waals surface area contributed by atoms with Gasteiger partial charge in [-0.15, -0.1) is 11.8 Å². The zero-order valence-electron chi connectivity index (χ0n) is 29.6. The Morgan fingerprint density at radius 3 is 1.93 bits per heavy atom. The molecular formula is C38H36N6O9S2. The highest BCUT2D eigenvalue weighted by atomic mass is 32.2. The van der Waals surface area contributed by atoms with Crippen molar-refractivity contribution < 1.29 is 44.3 Å². The Hall–Kier alpha value is -6.20. The molecule has 1 saturated carbocycles. The number of ether oxygens (including phenoxy) is 1. The normalized spacial score (nSPS) is 12.6. The minimum Gasteiger partial charge on any atom is -0.505 e. The van der Waals surface area contributed by atoms with Crippen LogP contribution in [0.4, 0.5) is 5.13 Å². The number of benzene rings is 3. The molecule has 3 heterocycles. The summed E-state index contributed by atoms with van der Waals surface area (Å²) in [5.74, 6) is -3.20. The van der Waals surface area contributed by atoms with Gasteiger partial charge in [0.15, 0.2) is 28.0 Å². The lowest BCUT2D eigenvalue weighted by molar-refractivity contribution is -0.136. The fraction of sp³-hybridized carbons (Fsp3) is 0.237. The number of rotatable bonds is 11. The number of aliphatic carboxylic acids is 2. The van der Waals surface area contributed by atoms with E-state index >= 15 is 0 Å². The molecule has 2 amide bonds.